The van der Waals surface area contributed by atoms with Crippen LogP contribution in [0.2, 0.25) is 0 Å². The monoisotopic (exact) mass is 460 g/mol. The van der Waals surface area contributed by atoms with Gasteiger partial charge in [-0.1, -0.05) is 70.5 Å². The van der Waals surface area contributed by atoms with Gasteiger partial charge in [0.2, 0.25) is 11.8 Å². The van der Waals surface area contributed by atoms with Gasteiger partial charge in [-0.05, 0) is 42.1 Å². The fourth-order valence-electron chi connectivity index (χ4n) is 5.29. The second-order valence-corrected chi connectivity index (χ2v) is 11.1. The number of nitrogens with zero attached hydrogens (tertiary/aromatic N) is 1. The number of allylic oxidation sites excluding steroid dienone is 5. The number of likely N-dealkylation sites (tertiary alicyclic amines) is 1. The Morgan fingerprint density at radius 1 is 1.22 bits per heavy atom. The first-order valence-corrected chi connectivity index (χ1v) is 12.2. The highest BCUT2D eigenvalue weighted by atomic mass is 35.5. The van der Waals surface area contributed by atoms with E-state index >= 15 is 0 Å². The van der Waals surface area contributed by atoms with E-state index in [2.05, 4.69) is 31.3 Å². The zero-order chi connectivity index (χ0) is 23.6. The number of hydrogen-bond donors (Lipinski definition) is 1. The Balaban J connectivity index is 1.65. The highest BCUT2D eigenvalue weighted by molar-refractivity contribution is 6.31. The number of halogens is 1. The first kappa shape index (κ1) is 24.8. The maximum Gasteiger partial charge on any atom is 0.245 e. The van der Waals surface area contributed by atoms with E-state index in [1.165, 1.54) is 0 Å². The molecule has 1 fully saturated rings. The molecule has 1 N–H and O–H groups in total. The molecule has 0 radical (unpaired) electrons. The van der Waals surface area contributed by atoms with E-state index in [9.17, 15) is 14.4 Å². The molecular weight excluding hydrogens is 424 g/mol. The fraction of sp³-hybridized carbons (Fsp3) is 0.654. The third kappa shape index (κ3) is 5.54. The predicted molar refractivity (Wildman–Crippen MR) is 128 cm³/mol. The largest absolute Gasteiger partial charge is 0.344 e. The first-order valence-electron chi connectivity index (χ1n) is 11.8. The summed E-state index contributed by atoms with van der Waals surface area (Å²) in [6.07, 6.45) is 11.9. The Labute approximate surface area is 197 Å². The third-order valence-corrected chi connectivity index (χ3v) is 7.64. The molecule has 2 amide bonds. The van der Waals surface area contributed by atoms with Crippen molar-refractivity contribution in [1.29, 1.82) is 0 Å². The van der Waals surface area contributed by atoms with Crippen LogP contribution in [0.5, 0.6) is 0 Å². The Kier molecular flexibility index (Phi) is 7.69. The standard InChI is InChI=1S/C26H37ClN2O3/c1-16(2)23(28-24(31)19-7-6-17(3)22(30)14-19)25(32)29-13-12-21(26(4,5)15-29)18-8-10-20(27)11-9-18/h6-8,10-11,16-19,21,23H,9,12-15H2,1-5H3,(H,28,31)/t17?,18?,19?,21-,23-/m1/s1. The summed E-state index contributed by atoms with van der Waals surface area (Å²) in [5, 5.41) is 3.76. The Bertz CT molecular complexity index is 842. The number of rotatable bonds is 5. The second-order valence-electron chi connectivity index (χ2n) is 10.7. The van der Waals surface area contributed by atoms with E-state index in [0.29, 0.717) is 24.9 Å². The SMILES string of the molecule is CC1C=CC(C(=O)N[C@@H](C(=O)N2CC[C@H](C3C=CC(Cl)=CC3)C(C)(C)C2)C(C)C)CC1=O. The zero-order valence-electron chi connectivity index (χ0n) is 19.9. The van der Waals surface area contributed by atoms with Crippen molar-refractivity contribution in [2.75, 3.05) is 13.1 Å². The average molecular weight is 461 g/mol. The number of hydrogen-bond acceptors (Lipinski definition) is 3. The molecular formula is C26H37ClN2O3. The first-order chi connectivity index (χ1) is 15.0. The molecule has 6 heteroatoms. The topological polar surface area (TPSA) is 66.5 Å². The molecule has 1 saturated heterocycles. The van der Waals surface area contributed by atoms with E-state index in [1.807, 2.05) is 31.7 Å². The van der Waals surface area contributed by atoms with Crippen LogP contribution < -0.4 is 5.32 Å². The molecule has 0 aromatic heterocycles. The van der Waals surface area contributed by atoms with Crippen molar-refractivity contribution in [3.8, 4) is 0 Å². The van der Waals surface area contributed by atoms with Crippen molar-refractivity contribution < 1.29 is 14.4 Å². The highest BCUT2D eigenvalue weighted by Crippen LogP contribution is 2.43. The van der Waals surface area contributed by atoms with Crippen LogP contribution in [-0.4, -0.2) is 41.6 Å². The number of ketones is 1. The summed E-state index contributed by atoms with van der Waals surface area (Å²) < 4.78 is 0. The molecule has 3 rings (SSSR count). The van der Waals surface area contributed by atoms with Crippen molar-refractivity contribution in [3.05, 3.63) is 35.4 Å². The van der Waals surface area contributed by atoms with Crippen LogP contribution in [0, 0.1) is 35.0 Å². The summed E-state index contributed by atoms with van der Waals surface area (Å²) >= 11 is 6.10. The highest BCUT2D eigenvalue weighted by Gasteiger charge is 2.42. The van der Waals surface area contributed by atoms with E-state index in [-0.39, 0.29) is 41.3 Å². The lowest BCUT2D eigenvalue weighted by Crippen LogP contribution is -2.57. The lowest BCUT2D eigenvalue weighted by atomic mass is 9.66. The predicted octanol–water partition coefficient (Wildman–Crippen LogP) is 4.48. The molecule has 0 bridgehead atoms. The van der Waals surface area contributed by atoms with Gasteiger partial charge in [0, 0.05) is 30.5 Å². The Morgan fingerprint density at radius 3 is 2.50 bits per heavy atom. The van der Waals surface area contributed by atoms with E-state index in [0.717, 1.165) is 17.9 Å². The van der Waals surface area contributed by atoms with Gasteiger partial charge in [0.1, 0.15) is 11.8 Å². The Hall–Kier alpha value is -1.88. The third-order valence-electron chi connectivity index (χ3n) is 7.36. The van der Waals surface area contributed by atoms with Gasteiger partial charge in [0.15, 0.2) is 0 Å². The molecule has 0 aromatic carbocycles. The van der Waals surface area contributed by atoms with Gasteiger partial charge in [-0.25, -0.2) is 0 Å². The van der Waals surface area contributed by atoms with Gasteiger partial charge in [0.05, 0.1) is 5.92 Å². The van der Waals surface area contributed by atoms with Crippen molar-refractivity contribution in [1.82, 2.24) is 10.2 Å². The minimum Gasteiger partial charge on any atom is -0.344 e. The Morgan fingerprint density at radius 2 is 1.94 bits per heavy atom. The quantitative estimate of drug-likeness (QED) is 0.615. The fourth-order valence-corrected chi connectivity index (χ4v) is 5.46. The van der Waals surface area contributed by atoms with Crippen molar-refractivity contribution in [2.24, 2.45) is 35.0 Å². The van der Waals surface area contributed by atoms with Crippen LogP contribution in [0.25, 0.3) is 0 Å². The number of Topliss-reactive ketones (excluding diaryl/α,β-unsaturated/α-hetero) is 1. The summed E-state index contributed by atoms with van der Waals surface area (Å²) in [5.41, 5.74) is -0.0409. The molecule has 1 heterocycles. The molecule has 1 aliphatic heterocycles. The second kappa shape index (κ2) is 9.94. The lowest BCUT2D eigenvalue weighted by Gasteiger charge is -2.48. The molecule has 0 spiro atoms. The van der Waals surface area contributed by atoms with Crippen LogP contribution in [0.3, 0.4) is 0 Å². The maximum atomic E-state index is 13.5. The summed E-state index contributed by atoms with van der Waals surface area (Å²) in [6, 6.07) is -0.589. The van der Waals surface area contributed by atoms with Gasteiger partial charge in [0.25, 0.3) is 0 Å². The van der Waals surface area contributed by atoms with E-state index in [1.54, 1.807) is 12.2 Å². The van der Waals surface area contributed by atoms with Gasteiger partial charge < -0.3 is 10.2 Å². The summed E-state index contributed by atoms with van der Waals surface area (Å²) in [5.74, 6) is 0.0307. The smallest absolute Gasteiger partial charge is 0.245 e. The van der Waals surface area contributed by atoms with Crippen molar-refractivity contribution in [2.45, 2.75) is 59.9 Å². The van der Waals surface area contributed by atoms with Gasteiger partial charge >= 0.3 is 0 Å². The average Bonchev–Trinajstić information content (AvgIpc) is 2.73. The van der Waals surface area contributed by atoms with E-state index < -0.39 is 12.0 Å². The molecule has 176 valence electrons. The molecule has 5 nitrogen and oxygen atoms in total. The lowest BCUT2D eigenvalue weighted by molar-refractivity contribution is -0.142. The molecule has 0 saturated carbocycles. The maximum absolute atomic E-state index is 13.5. The number of carbonyl (C=O) groups is 3. The van der Waals surface area contributed by atoms with Gasteiger partial charge in [-0.3, -0.25) is 14.4 Å². The number of nitrogens with one attached hydrogen (secondary N) is 1. The zero-order valence-corrected chi connectivity index (χ0v) is 20.7. The van der Waals surface area contributed by atoms with Crippen LogP contribution >= 0.6 is 11.6 Å². The van der Waals surface area contributed by atoms with Gasteiger partial charge in [-0.15, -0.1) is 0 Å². The normalized spacial score (nSPS) is 30.8. The molecule has 5 atom stereocenters. The molecule has 32 heavy (non-hydrogen) atoms. The van der Waals surface area contributed by atoms with Gasteiger partial charge in [-0.2, -0.15) is 0 Å². The molecule has 3 unspecified atom stereocenters. The summed E-state index contributed by atoms with van der Waals surface area (Å²) in [4.78, 5) is 40.3. The minimum absolute atomic E-state index is 0.0264. The van der Waals surface area contributed by atoms with Crippen LogP contribution in [0.4, 0.5) is 0 Å². The number of amides is 2. The van der Waals surface area contributed by atoms with Crippen LogP contribution in [0.15, 0.2) is 35.4 Å². The van der Waals surface area contributed by atoms with E-state index in [4.69, 9.17) is 11.6 Å². The van der Waals surface area contributed by atoms with Crippen molar-refractivity contribution >= 4 is 29.2 Å². The van der Waals surface area contributed by atoms with Crippen LogP contribution in [0.1, 0.15) is 53.9 Å². The molecule has 0 aromatic rings. The minimum atomic E-state index is -0.589. The number of carbonyl (C=O) groups excluding carboxylic acids is 3. The van der Waals surface area contributed by atoms with Crippen molar-refractivity contribution in [3.63, 3.8) is 0 Å². The molecule has 3 aliphatic rings. The summed E-state index contributed by atoms with van der Waals surface area (Å²) in [6.45, 7) is 11.6. The summed E-state index contributed by atoms with van der Waals surface area (Å²) in [7, 11) is 0. The molecule has 2 aliphatic carbocycles. The number of piperidine rings is 1. The van der Waals surface area contributed by atoms with Crippen LogP contribution in [-0.2, 0) is 14.4 Å².